The number of aromatic nitrogens is 1. The lowest BCUT2D eigenvalue weighted by Gasteiger charge is -2.09. The molecule has 2 aromatic rings. The van der Waals surface area contributed by atoms with Crippen LogP contribution in [0.4, 0.5) is 13.2 Å². The standard InChI is InChI=1S/C11H7BrF3NS/c1-6-16-10(5-17-6)8-4-7(11(13,14)15)2-3-9(8)12/h2-5H,1H3. The lowest BCUT2D eigenvalue weighted by Crippen LogP contribution is -2.04. The van der Waals surface area contributed by atoms with Crippen molar-refractivity contribution in [2.75, 3.05) is 0 Å². The zero-order valence-corrected chi connectivity index (χ0v) is 11.1. The van der Waals surface area contributed by atoms with Crippen LogP contribution in [0, 0.1) is 6.92 Å². The van der Waals surface area contributed by atoms with Crippen molar-refractivity contribution in [3.63, 3.8) is 0 Å². The Morgan fingerprint density at radius 3 is 2.53 bits per heavy atom. The molecule has 1 nitrogen and oxygen atoms in total. The van der Waals surface area contributed by atoms with Crippen molar-refractivity contribution in [1.82, 2.24) is 4.98 Å². The molecule has 0 saturated carbocycles. The lowest BCUT2D eigenvalue weighted by atomic mass is 10.1. The largest absolute Gasteiger partial charge is 0.416 e. The van der Waals surface area contributed by atoms with Gasteiger partial charge in [0.15, 0.2) is 0 Å². The Morgan fingerprint density at radius 2 is 2.00 bits per heavy atom. The molecule has 17 heavy (non-hydrogen) atoms. The maximum atomic E-state index is 12.6. The Bertz CT molecular complexity index is 548. The summed E-state index contributed by atoms with van der Waals surface area (Å²) in [4.78, 5) is 4.19. The molecule has 1 aromatic carbocycles. The summed E-state index contributed by atoms with van der Waals surface area (Å²) < 4.78 is 38.4. The molecule has 0 aliphatic carbocycles. The zero-order valence-electron chi connectivity index (χ0n) is 8.68. The van der Waals surface area contributed by atoms with E-state index in [1.54, 1.807) is 5.38 Å². The maximum Gasteiger partial charge on any atom is 0.416 e. The van der Waals surface area contributed by atoms with Crippen LogP contribution in [0.25, 0.3) is 11.3 Å². The van der Waals surface area contributed by atoms with E-state index in [0.29, 0.717) is 15.7 Å². The molecule has 1 aromatic heterocycles. The molecule has 0 N–H and O–H groups in total. The van der Waals surface area contributed by atoms with Gasteiger partial charge >= 0.3 is 6.18 Å². The van der Waals surface area contributed by atoms with E-state index in [1.807, 2.05) is 6.92 Å². The highest BCUT2D eigenvalue weighted by Gasteiger charge is 2.31. The SMILES string of the molecule is Cc1nc(-c2cc(C(F)(F)F)ccc2Br)cs1. The third-order valence-corrected chi connectivity index (χ3v) is 3.65. The van der Waals surface area contributed by atoms with Gasteiger partial charge in [0.25, 0.3) is 0 Å². The number of hydrogen-bond acceptors (Lipinski definition) is 2. The number of aryl methyl sites for hydroxylation is 1. The van der Waals surface area contributed by atoms with Crippen LogP contribution in [0.2, 0.25) is 0 Å². The predicted octanol–water partition coefficient (Wildman–Crippen LogP) is 4.90. The quantitative estimate of drug-likeness (QED) is 0.728. The van der Waals surface area contributed by atoms with Gasteiger partial charge in [-0.25, -0.2) is 4.98 Å². The van der Waals surface area contributed by atoms with Crippen LogP contribution in [-0.4, -0.2) is 4.98 Å². The van der Waals surface area contributed by atoms with Gasteiger partial charge in [0, 0.05) is 15.4 Å². The summed E-state index contributed by atoms with van der Waals surface area (Å²) >= 11 is 4.65. The second-order valence-corrected chi connectivity index (χ2v) is 5.36. The summed E-state index contributed by atoms with van der Waals surface area (Å²) in [6.45, 7) is 1.82. The van der Waals surface area contributed by atoms with Gasteiger partial charge in [-0.15, -0.1) is 11.3 Å². The average molecular weight is 322 g/mol. The molecule has 0 spiro atoms. The minimum Gasteiger partial charge on any atom is -0.242 e. The Kier molecular flexibility index (Phi) is 3.27. The smallest absolute Gasteiger partial charge is 0.242 e. The summed E-state index contributed by atoms with van der Waals surface area (Å²) in [5.41, 5.74) is 0.357. The van der Waals surface area contributed by atoms with Crippen molar-refractivity contribution < 1.29 is 13.2 Å². The number of rotatable bonds is 1. The lowest BCUT2D eigenvalue weighted by molar-refractivity contribution is -0.137. The second-order valence-electron chi connectivity index (χ2n) is 3.44. The number of thiazole rings is 1. The normalized spacial score (nSPS) is 11.8. The first-order chi connectivity index (χ1) is 7.88. The number of alkyl halides is 3. The van der Waals surface area contributed by atoms with Gasteiger partial charge in [-0.05, 0) is 25.1 Å². The van der Waals surface area contributed by atoms with Crippen LogP contribution in [-0.2, 0) is 6.18 Å². The third-order valence-electron chi connectivity index (χ3n) is 2.19. The fourth-order valence-electron chi connectivity index (χ4n) is 1.39. The van der Waals surface area contributed by atoms with Crippen molar-refractivity contribution in [3.8, 4) is 11.3 Å². The molecule has 0 aliphatic rings. The summed E-state index contributed by atoms with van der Waals surface area (Å²) in [5, 5.41) is 2.57. The minimum atomic E-state index is -4.33. The van der Waals surface area contributed by atoms with E-state index in [1.165, 1.54) is 17.4 Å². The molecule has 0 atom stereocenters. The van der Waals surface area contributed by atoms with Gasteiger partial charge < -0.3 is 0 Å². The van der Waals surface area contributed by atoms with Gasteiger partial charge in [0.1, 0.15) is 0 Å². The highest BCUT2D eigenvalue weighted by molar-refractivity contribution is 9.10. The van der Waals surface area contributed by atoms with Crippen LogP contribution in [0.3, 0.4) is 0 Å². The molecule has 0 amide bonds. The van der Waals surface area contributed by atoms with E-state index >= 15 is 0 Å². The fraction of sp³-hybridized carbons (Fsp3) is 0.182. The van der Waals surface area contributed by atoms with Crippen molar-refractivity contribution in [1.29, 1.82) is 0 Å². The van der Waals surface area contributed by atoms with E-state index in [0.717, 1.165) is 17.1 Å². The third kappa shape index (κ3) is 2.69. The Morgan fingerprint density at radius 1 is 1.29 bits per heavy atom. The highest BCUT2D eigenvalue weighted by Crippen LogP contribution is 2.36. The summed E-state index contributed by atoms with van der Waals surface area (Å²) in [6, 6.07) is 3.55. The van der Waals surface area contributed by atoms with E-state index in [2.05, 4.69) is 20.9 Å². The van der Waals surface area contributed by atoms with E-state index in [4.69, 9.17) is 0 Å². The van der Waals surface area contributed by atoms with Crippen molar-refractivity contribution in [2.45, 2.75) is 13.1 Å². The molecule has 0 unspecified atom stereocenters. The molecule has 90 valence electrons. The molecule has 0 fully saturated rings. The van der Waals surface area contributed by atoms with Gasteiger partial charge in [0.2, 0.25) is 0 Å². The van der Waals surface area contributed by atoms with Gasteiger partial charge in [-0.1, -0.05) is 15.9 Å². The Labute approximate surface area is 108 Å². The number of halogens is 4. The molecule has 0 aliphatic heterocycles. The van der Waals surface area contributed by atoms with Crippen LogP contribution < -0.4 is 0 Å². The van der Waals surface area contributed by atoms with Crippen LogP contribution in [0.5, 0.6) is 0 Å². The predicted molar refractivity (Wildman–Crippen MR) is 65.0 cm³/mol. The highest BCUT2D eigenvalue weighted by atomic mass is 79.9. The van der Waals surface area contributed by atoms with Crippen molar-refractivity contribution >= 4 is 27.3 Å². The van der Waals surface area contributed by atoms with Crippen LogP contribution in [0.15, 0.2) is 28.1 Å². The number of nitrogens with zero attached hydrogens (tertiary/aromatic N) is 1. The first-order valence-electron chi connectivity index (χ1n) is 4.67. The molecule has 0 radical (unpaired) electrons. The minimum absolute atomic E-state index is 0.462. The van der Waals surface area contributed by atoms with Crippen LogP contribution in [0.1, 0.15) is 10.6 Å². The average Bonchev–Trinajstić information content (AvgIpc) is 2.63. The van der Waals surface area contributed by atoms with Crippen molar-refractivity contribution in [3.05, 3.63) is 38.6 Å². The number of hydrogen-bond donors (Lipinski definition) is 0. The van der Waals surface area contributed by atoms with Gasteiger partial charge in [-0.3, -0.25) is 0 Å². The molecular weight excluding hydrogens is 315 g/mol. The molecule has 2 rings (SSSR count). The molecule has 0 saturated heterocycles. The molecule has 6 heteroatoms. The Hall–Kier alpha value is -0.880. The monoisotopic (exact) mass is 321 g/mol. The van der Waals surface area contributed by atoms with E-state index < -0.39 is 11.7 Å². The fourth-order valence-corrected chi connectivity index (χ4v) is 2.45. The van der Waals surface area contributed by atoms with E-state index in [9.17, 15) is 13.2 Å². The first kappa shape index (κ1) is 12.6. The maximum absolute atomic E-state index is 12.6. The van der Waals surface area contributed by atoms with Gasteiger partial charge in [-0.2, -0.15) is 13.2 Å². The van der Waals surface area contributed by atoms with Crippen molar-refractivity contribution in [2.24, 2.45) is 0 Å². The van der Waals surface area contributed by atoms with Gasteiger partial charge in [0.05, 0.1) is 16.3 Å². The summed E-state index contributed by atoms with van der Waals surface area (Å²) in [5.74, 6) is 0. The summed E-state index contributed by atoms with van der Waals surface area (Å²) in [7, 11) is 0. The zero-order chi connectivity index (χ0) is 12.6. The Balaban J connectivity index is 2.54. The first-order valence-corrected chi connectivity index (χ1v) is 6.34. The molecule has 1 heterocycles. The topological polar surface area (TPSA) is 12.9 Å². The second kappa shape index (κ2) is 4.42. The molecule has 0 bridgehead atoms. The molecular formula is C11H7BrF3NS. The van der Waals surface area contributed by atoms with Crippen LogP contribution >= 0.6 is 27.3 Å². The summed E-state index contributed by atoms with van der Waals surface area (Å²) in [6.07, 6.45) is -4.33. The van der Waals surface area contributed by atoms with E-state index in [-0.39, 0.29) is 0 Å². The number of benzene rings is 1.